The molecule has 0 aromatic carbocycles. The largest absolute Gasteiger partial charge is 0.466 e. The topological polar surface area (TPSA) is 96.9 Å². The normalized spacial score (nSPS) is 10.7. The van der Waals surface area contributed by atoms with Crippen molar-refractivity contribution in [2.75, 3.05) is 11.1 Å². The molecule has 0 unspecified atom stereocenters. The molecule has 6 heteroatoms. The van der Waals surface area contributed by atoms with E-state index in [0.717, 1.165) is 17.0 Å². The van der Waals surface area contributed by atoms with Gasteiger partial charge in [0.25, 0.3) is 5.91 Å². The van der Waals surface area contributed by atoms with E-state index >= 15 is 0 Å². The predicted octanol–water partition coefficient (Wildman–Crippen LogP) is 2.07. The summed E-state index contributed by atoms with van der Waals surface area (Å²) in [4.78, 5) is 12.2. The molecular weight excluding hydrogens is 232 g/mol. The van der Waals surface area contributed by atoms with Crippen LogP contribution in [0.15, 0.2) is 4.42 Å². The lowest BCUT2D eigenvalue weighted by Crippen LogP contribution is -2.14. The first-order valence-corrected chi connectivity index (χ1v) is 5.60. The Kier molecular flexibility index (Phi) is 2.86. The Morgan fingerprint density at radius 3 is 2.39 bits per heavy atom. The van der Waals surface area contributed by atoms with E-state index in [0.29, 0.717) is 22.8 Å². The first-order chi connectivity index (χ1) is 8.41. The standard InChI is InChI=1S/C12H16N4O2/c1-5-7(3)18-8(4)9(5)12(17)14-11-10(13)6(2)15-16-11/h13H2,1-4H3,(H2,14,15,16,17). The molecule has 18 heavy (non-hydrogen) atoms. The van der Waals surface area contributed by atoms with Gasteiger partial charge in [0.2, 0.25) is 0 Å². The maximum atomic E-state index is 12.2. The first kappa shape index (κ1) is 12.2. The zero-order valence-electron chi connectivity index (χ0n) is 10.8. The van der Waals surface area contributed by atoms with Crippen molar-refractivity contribution in [1.82, 2.24) is 10.2 Å². The maximum Gasteiger partial charge on any atom is 0.260 e. The molecule has 0 bridgehead atoms. The van der Waals surface area contributed by atoms with Gasteiger partial charge in [-0.25, -0.2) is 0 Å². The Balaban J connectivity index is 2.30. The van der Waals surface area contributed by atoms with Crippen molar-refractivity contribution in [2.45, 2.75) is 27.7 Å². The molecule has 0 radical (unpaired) electrons. The highest BCUT2D eigenvalue weighted by atomic mass is 16.3. The number of furan rings is 1. The van der Waals surface area contributed by atoms with Gasteiger partial charge < -0.3 is 15.5 Å². The molecule has 0 saturated carbocycles. The van der Waals surface area contributed by atoms with Gasteiger partial charge in [-0.1, -0.05) is 0 Å². The van der Waals surface area contributed by atoms with Crippen LogP contribution in [-0.2, 0) is 0 Å². The molecule has 0 saturated heterocycles. The zero-order chi connectivity index (χ0) is 13.4. The van der Waals surface area contributed by atoms with E-state index in [1.165, 1.54) is 0 Å². The van der Waals surface area contributed by atoms with Crippen molar-refractivity contribution < 1.29 is 9.21 Å². The molecule has 2 rings (SSSR count). The minimum atomic E-state index is -0.264. The molecule has 1 amide bonds. The summed E-state index contributed by atoms with van der Waals surface area (Å²) >= 11 is 0. The molecule has 4 N–H and O–H groups in total. The third kappa shape index (κ3) is 1.85. The molecule has 2 heterocycles. The second-order valence-corrected chi connectivity index (χ2v) is 4.28. The fourth-order valence-electron chi connectivity index (χ4n) is 1.83. The van der Waals surface area contributed by atoms with Gasteiger partial charge >= 0.3 is 0 Å². The van der Waals surface area contributed by atoms with Crippen LogP contribution in [0.3, 0.4) is 0 Å². The molecular formula is C12H16N4O2. The Hall–Kier alpha value is -2.24. The van der Waals surface area contributed by atoms with E-state index in [2.05, 4.69) is 15.5 Å². The number of aryl methyl sites for hydroxylation is 3. The highest BCUT2D eigenvalue weighted by molar-refractivity contribution is 6.06. The highest BCUT2D eigenvalue weighted by Gasteiger charge is 2.20. The van der Waals surface area contributed by atoms with E-state index in [9.17, 15) is 4.79 Å². The van der Waals surface area contributed by atoms with Crippen molar-refractivity contribution in [3.05, 3.63) is 28.3 Å². The molecule has 0 spiro atoms. The Labute approximate surface area is 105 Å². The van der Waals surface area contributed by atoms with Crippen molar-refractivity contribution in [1.29, 1.82) is 0 Å². The average molecular weight is 248 g/mol. The summed E-state index contributed by atoms with van der Waals surface area (Å²) in [5, 5.41) is 9.33. The van der Waals surface area contributed by atoms with E-state index in [1.807, 2.05) is 13.8 Å². The van der Waals surface area contributed by atoms with Crippen molar-refractivity contribution in [2.24, 2.45) is 0 Å². The molecule has 0 aliphatic rings. The fraction of sp³-hybridized carbons (Fsp3) is 0.333. The van der Waals surface area contributed by atoms with Crippen LogP contribution in [0.4, 0.5) is 11.5 Å². The third-order valence-corrected chi connectivity index (χ3v) is 3.01. The van der Waals surface area contributed by atoms with E-state index in [1.54, 1.807) is 13.8 Å². The van der Waals surface area contributed by atoms with Crippen molar-refractivity contribution in [3.8, 4) is 0 Å². The summed E-state index contributed by atoms with van der Waals surface area (Å²) in [5.41, 5.74) is 8.31. The van der Waals surface area contributed by atoms with Gasteiger partial charge in [-0.2, -0.15) is 5.10 Å². The minimum Gasteiger partial charge on any atom is -0.466 e. The lowest BCUT2D eigenvalue weighted by molar-refractivity contribution is 0.102. The summed E-state index contributed by atoms with van der Waals surface area (Å²) in [6, 6.07) is 0. The van der Waals surface area contributed by atoms with Gasteiger partial charge in [0.1, 0.15) is 11.5 Å². The first-order valence-electron chi connectivity index (χ1n) is 5.60. The van der Waals surface area contributed by atoms with Crippen molar-refractivity contribution >= 4 is 17.4 Å². The monoisotopic (exact) mass is 248 g/mol. The van der Waals surface area contributed by atoms with Gasteiger partial charge in [-0.15, -0.1) is 0 Å². The predicted molar refractivity (Wildman–Crippen MR) is 68.6 cm³/mol. The van der Waals surface area contributed by atoms with Crippen LogP contribution in [0.5, 0.6) is 0 Å². The molecule has 2 aromatic rings. The number of hydrogen-bond donors (Lipinski definition) is 3. The van der Waals surface area contributed by atoms with E-state index < -0.39 is 0 Å². The number of hydrogen-bond acceptors (Lipinski definition) is 4. The van der Waals surface area contributed by atoms with Gasteiger partial charge in [0.15, 0.2) is 5.82 Å². The number of nitrogen functional groups attached to an aromatic ring is 1. The lowest BCUT2D eigenvalue weighted by atomic mass is 10.1. The third-order valence-electron chi connectivity index (χ3n) is 3.01. The number of aromatic nitrogens is 2. The maximum absolute atomic E-state index is 12.2. The van der Waals surface area contributed by atoms with Crippen LogP contribution >= 0.6 is 0 Å². The number of H-pyrrole nitrogens is 1. The summed E-state index contributed by atoms with van der Waals surface area (Å²) in [5.74, 6) is 1.41. The van der Waals surface area contributed by atoms with Crippen LogP contribution in [0.1, 0.15) is 33.1 Å². The highest BCUT2D eigenvalue weighted by Crippen LogP contribution is 2.23. The number of amides is 1. The lowest BCUT2D eigenvalue weighted by Gasteiger charge is -2.03. The zero-order valence-corrected chi connectivity index (χ0v) is 10.8. The minimum absolute atomic E-state index is 0.264. The molecule has 2 aromatic heterocycles. The van der Waals surface area contributed by atoms with Crippen LogP contribution in [0.2, 0.25) is 0 Å². The van der Waals surface area contributed by atoms with Crippen LogP contribution < -0.4 is 11.1 Å². The number of nitrogens with one attached hydrogen (secondary N) is 2. The fourth-order valence-corrected chi connectivity index (χ4v) is 1.83. The van der Waals surface area contributed by atoms with Crippen LogP contribution in [0, 0.1) is 27.7 Å². The smallest absolute Gasteiger partial charge is 0.260 e. The molecule has 0 fully saturated rings. The summed E-state index contributed by atoms with van der Waals surface area (Å²) in [6.45, 7) is 7.22. The number of aromatic amines is 1. The Morgan fingerprint density at radius 2 is 1.94 bits per heavy atom. The van der Waals surface area contributed by atoms with Gasteiger partial charge in [-0.3, -0.25) is 9.89 Å². The number of anilines is 2. The number of nitrogens with zero attached hydrogens (tertiary/aromatic N) is 1. The molecule has 0 atom stereocenters. The molecule has 0 aliphatic heterocycles. The second kappa shape index (κ2) is 4.21. The van der Waals surface area contributed by atoms with Crippen molar-refractivity contribution in [3.63, 3.8) is 0 Å². The Bertz CT molecular complexity index is 610. The summed E-state index contributed by atoms with van der Waals surface area (Å²) < 4.78 is 5.42. The number of nitrogens with two attached hydrogens (primary N) is 1. The van der Waals surface area contributed by atoms with Gasteiger partial charge in [0, 0.05) is 5.56 Å². The summed E-state index contributed by atoms with van der Waals surface area (Å²) in [6.07, 6.45) is 0. The van der Waals surface area contributed by atoms with Gasteiger partial charge in [-0.05, 0) is 27.7 Å². The molecule has 6 nitrogen and oxygen atoms in total. The number of rotatable bonds is 2. The Morgan fingerprint density at radius 1 is 1.28 bits per heavy atom. The van der Waals surface area contributed by atoms with Crippen LogP contribution in [-0.4, -0.2) is 16.1 Å². The van der Waals surface area contributed by atoms with Gasteiger partial charge in [0.05, 0.1) is 16.9 Å². The molecule has 0 aliphatic carbocycles. The average Bonchev–Trinajstić information content (AvgIpc) is 2.73. The van der Waals surface area contributed by atoms with Crippen LogP contribution in [0.25, 0.3) is 0 Å². The second-order valence-electron chi connectivity index (χ2n) is 4.28. The number of carbonyl (C=O) groups is 1. The summed E-state index contributed by atoms with van der Waals surface area (Å²) in [7, 11) is 0. The number of carbonyl (C=O) groups excluding carboxylic acids is 1. The van der Waals surface area contributed by atoms with E-state index in [-0.39, 0.29) is 5.91 Å². The quantitative estimate of drug-likeness (QED) is 0.757. The SMILES string of the molecule is Cc1[nH]nc(NC(=O)c2c(C)oc(C)c2C)c1N. The molecule has 96 valence electrons. The van der Waals surface area contributed by atoms with E-state index in [4.69, 9.17) is 10.2 Å².